The Bertz CT molecular complexity index is 409. The van der Waals surface area contributed by atoms with Gasteiger partial charge in [-0.05, 0) is 0 Å². The molecule has 8 heteroatoms. The second-order valence-corrected chi connectivity index (χ2v) is 4.57. The standard InChI is InChI=1S/C10H13NO7/c12-6-1-7-11(6)4-5(18-7)2-10(17,9(15)16)3-8(13)14/h5,7,17H,1-4H2,(H,13,14)(H,15,16). The molecule has 2 fully saturated rings. The summed E-state index contributed by atoms with van der Waals surface area (Å²) < 4.78 is 5.35. The van der Waals surface area contributed by atoms with Crippen molar-refractivity contribution in [3.63, 3.8) is 0 Å². The number of carbonyl (C=O) groups is 3. The largest absolute Gasteiger partial charge is 0.481 e. The van der Waals surface area contributed by atoms with Gasteiger partial charge in [-0.3, -0.25) is 9.59 Å². The summed E-state index contributed by atoms with van der Waals surface area (Å²) in [6, 6.07) is 0. The summed E-state index contributed by atoms with van der Waals surface area (Å²) in [6.07, 6.45) is -2.01. The fourth-order valence-corrected chi connectivity index (χ4v) is 2.23. The zero-order valence-corrected chi connectivity index (χ0v) is 9.40. The maximum Gasteiger partial charge on any atom is 0.336 e. The molecule has 0 aromatic rings. The summed E-state index contributed by atoms with van der Waals surface area (Å²) in [7, 11) is 0. The van der Waals surface area contributed by atoms with E-state index in [1.54, 1.807) is 0 Å². The van der Waals surface area contributed by atoms with Gasteiger partial charge >= 0.3 is 11.9 Å². The number of amides is 1. The zero-order chi connectivity index (χ0) is 13.5. The molecule has 2 aliphatic heterocycles. The Kier molecular flexibility index (Phi) is 2.99. The molecule has 8 nitrogen and oxygen atoms in total. The van der Waals surface area contributed by atoms with Crippen molar-refractivity contribution in [2.24, 2.45) is 0 Å². The van der Waals surface area contributed by atoms with Crippen molar-refractivity contribution in [3.8, 4) is 0 Å². The number of aliphatic hydroxyl groups is 1. The molecule has 2 aliphatic rings. The van der Waals surface area contributed by atoms with E-state index in [0.29, 0.717) is 0 Å². The van der Waals surface area contributed by atoms with Gasteiger partial charge in [0.15, 0.2) is 5.60 Å². The fourth-order valence-electron chi connectivity index (χ4n) is 2.23. The molecule has 3 atom stereocenters. The maximum atomic E-state index is 11.1. The van der Waals surface area contributed by atoms with Gasteiger partial charge in [0.2, 0.25) is 5.91 Å². The Hall–Kier alpha value is -1.67. The van der Waals surface area contributed by atoms with Crippen LogP contribution in [0.3, 0.4) is 0 Å². The number of ether oxygens (including phenoxy) is 1. The van der Waals surface area contributed by atoms with E-state index < -0.39 is 30.1 Å². The first kappa shape index (κ1) is 12.8. The van der Waals surface area contributed by atoms with Crippen molar-refractivity contribution >= 4 is 17.8 Å². The number of aliphatic carboxylic acids is 2. The normalized spacial score (nSPS) is 29.4. The van der Waals surface area contributed by atoms with Crippen LogP contribution in [0.4, 0.5) is 0 Å². The minimum absolute atomic E-state index is 0.0837. The number of nitrogens with zero attached hydrogens (tertiary/aromatic N) is 1. The number of hydrogen-bond acceptors (Lipinski definition) is 5. The molecule has 18 heavy (non-hydrogen) atoms. The third-order valence-electron chi connectivity index (χ3n) is 3.17. The topological polar surface area (TPSA) is 124 Å². The van der Waals surface area contributed by atoms with Gasteiger partial charge in [-0.1, -0.05) is 0 Å². The lowest BCUT2D eigenvalue weighted by molar-refractivity contribution is -0.170. The van der Waals surface area contributed by atoms with Crippen molar-refractivity contribution in [3.05, 3.63) is 0 Å². The summed E-state index contributed by atoms with van der Waals surface area (Å²) in [6.45, 7) is 0.193. The number of β-lactam (4-membered cyclic amide) rings is 1. The van der Waals surface area contributed by atoms with Crippen molar-refractivity contribution in [2.45, 2.75) is 37.2 Å². The highest BCUT2D eigenvalue weighted by Gasteiger charge is 2.49. The molecule has 1 amide bonds. The molecule has 0 bridgehead atoms. The number of fused-ring (bicyclic) bond motifs is 1. The molecule has 0 aromatic heterocycles. The van der Waals surface area contributed by atoms with Crippen LogP contribution < -0.4 is 0 Å². The molecule has 0 saturated carbocycles. The van der Waals surface area contributed by atoms with Crippen LogP contribution in [0, 0.1) is 0 Å². The van der Waals surface area contributed by atoms with E-state index in [1.165, 1.54) is 4.90 Å². The number of carboxylic acids is 2. The van der Waals surface area contributed by atoms with Crippen LogP contribution in [0.25, 0.3) is 0 Å². The SMILES string of the molecule is O=C(O)CC(O)(CC1CN2C(=O)CC2O1)C(=O)O. The molecule has 3 N–H and O–H groups in total. The van der Waals surface area contributed by atoms with Gasteiger partial charge in [0.1, 0.15) is 6.23 Å². The van der Waals surface area contributed by atoms with Crippen LogP contribution >= 0.6 is 0 Å². The number of carboxylic acid groups (broad SMARTS) is 2. The third-order valence-corrected chi connectivity index (χ3v) is 3.17. The number of carbonyl (C=O) groups excluding carboxylic acids is 1. The smallest absolute Gasteiger partial charge is 0.336 e. The monoisotopic (exact) mass is 259 g/mol. The highest BCUT2D eigenvalue weighted by molar-refractivity contribution is 5.84. The molecule has 3 unspecified atom stereocenters. The second kappa shape index (κ2) is 4.21. The number of hydrogen-bond donors (Lipinski definition) is 3. The van der Waals surface area contributed by atoms with E-state index in [4.69, 9.17) is 14.9 Å². The fraction of sp³-hybridized carbons (Fsp3) is 0.700. The summed E-state index contributed by atoms with van der Waals surface area (Å²) in [5, 5.41) is 27.3. The highest BCUT2D eigenvalue weighted by Crippen LogP contribution is 2.32. The summed E-state index contributed by atoms with van der Waals surface area (Å²) in [5.74, 6) is -3.09. The van der Waals surface area contributed by atoms with E-state index >= 15 is 0 Å². The lowest BCUT2D eigenvalue weighted by Crippen LogP contribution is -2.48. The Morgan fingerprint density at radius 1 is 1.44 bits per heavy atom. The van der Waals surface area contributed by atoms with E-state index in [0.717, 1.165) is 0 Å². The van der Waals surface area contributed by atoms with Gasteiger partial charge in [-0.25, -0.2) is 4.79 Å². The minimum Gasteiger partial charge on any atom is -0.481 e. The third kappa shape index (κ3) is 2.16. The molecule has 2 saturated heterocycles. The molecular weight excluding hydrogens is 246 g/mol. The van der Waals surface area contributed by atoms with Crippen LogP contribution in [-0.2, 0) is 19.1 Å². The van der Waals surface area contributed by atoms with E-state index in [9.17, 15) is 19.5 Å². The van der Waals surface area contributed by atoms with Gasteiger partial charge < -0.3 is 25.0 Å². The van der Waals surface area contributed by atoms with Crippen LogP contribution in [0.5, 0.6) is 0 Å². The predicted molar refractivity (Wildman–Crippen MR) is 54.4 cm³/mol. The first-order chi connectivity index (χ1) is 8.32. The van der Waals surface area contributed by atoms with E-state index in [-0.39, 0.29) is 31.5 Å². The van der Waals surface area contributed by atoms with Gasteiger partial charge in [-0.2, -0.15) is 0 Å². The summed E-state index contributed by atoms with van der Waals surface area (Å²) in [5.41, 5.74) is -2.37. The van der Waals surface area contributed by atoms with Gasteiger partial charge in [-0.15, -0.1) is 0 Å². The molecular formula is C10H13NO7. The van der Waals surface area contributed by atoms with E-state index in [2.05, 4.69) is 0 Å². The quantitative estimate of drug-likeness (QED) is 0.520. The van der Waals surface area contributed by atoms with Crippen LogP contribution in [0.1, 0.15) is 19.3 Å². The van der Waals surface area contributed by atoms with Gasteiger partial charge in [0.05, 0.1) is 18.9 Å². The molecule has 0 radical (unpaired) electrons. The number of rotatable bonds is 5. The summed E-state index contributed by atoms with van der Waals surface area (Å²) >= 11 is 0. The first-order valence-electron chi connectivity index (χ1n) is 5.44. The van der Waals surface area contributed by atoms with Crippen molar-refractivity contribution in [1.82, 2.24) is 4.90 Å². The zero-order valence-electron chi connectivity index (χ0n) is 9.40. The van der Waals surface area contributed by atoms with Crippen LogP contribution in [0.15, 0.2) is 0 Å². The molecule has 100 valence electrons. The van der Waals surface area contributed by atoms with Crippen LogP contribution in [-0.4, -0.2) is 62.5 Å². The van der Waals surface area contributed by atoms with Crippen molar-refractivity contribution < 1.29 is 34.4 Å². The molecule has 0 spiro atoms. The average molecular weight is 259 g/mol. The molecule has 2 heterocycles. The highest BCUT2D eigenvalue weighted by atomic mass is 16.5. The molecule has 0 aliphatic carbocycles. The maximum absolute atomic E-state index is 11.1. The Balaban J connectivity index is 2.00. The Morgan fingerprint density at radius 2 is 2.11 bits per heavy atom. The lowest BCUT2D eigenvalue weighted by Gasteiger charge is -2.31. The molecule has 0 aromatic carbocycles. The predicted octanol–water partition coefficient (Wildman–Crippen LogP) is -1.38. The second-order valence-electron chi connectivity index (χ2n) is 4.57. The Labute approximate surface area is 102 Å². The lowest BCUT2D eigenvalue weighted by atomic mass is 9.92. The average Bonchev–Trinajstić information content (AvgIpc) is 2.54. The first-order valence-corrected chi connectivity index (χ1v) is 5.44. The van der Waals surface area contributed by atoms with Crippen LogP contribution in [0.2, 0.25) is 0 Å². The minimum atomic E-state index is -2.37. The van der Waals surface area contributed by atoms with Crippen molar-refractivity contribution in [2.75, 3.05) is 6.54 Å². The van der Waals surface area contributed by atoms with Gasteiger partial charge in [0, 0.05) is 13.0 Å². The molecule has 2 rings (SSSR count). The van der Waals surface area contributed by atoms with Gasteiger partial charge in [0.25, 0.3) is 0 Å². The summed E-state index contributed by atoms with van der Waals surface area (Å²) in [4.78, 5) is 34.0. The Morgan fingerprint density at radius 3 is 2.56 bits per heavy atom. The van der Waals surface area contributed by atoms with E-state index in [1.807, 2.05) is 0 Å². The van der Waals surface area contributed by atoms with Crippen molar-refractivity contribution in [1.29, 1.82) is 0 Å².